The molecule has 0 amide bonds. The van der Waals surface area contributed by atoms with Gasteiger partial charge in [0.1, 0.15) is 6.33 Å². The lowest BCUT2D eigenvalue weighted by molar-refractivity contribution is 0.974. The van der Waals surface area contributed by atoms with Gasteiger partial charge in [-0.25, -0.2) is 9.50 Å². The third-order valence-corrected chi connectivity index (χ3v) is 5.61. The molecule has 2 aromatic heterocycles. The Labute approximate surface area is 136 Å². The molecule has 0 saturated heterocycles. The van der Waals surface area contributed by atoms with E-state index in [4.69, 9.17) is 0 Å². The lowest BCUT2D eigenvalue weighted by Crippen LogP contribution is -1.89. The number of aromatic nitrogens is 3. The lowest BCUT2D eigenvalue weighted by Gasteiger charge is -2.04. The van der Waals surface area contributed by atoms with Crippen molar-refractivity contribution in [3.63, 3.8) is 0 Å². The maximum absolute atomic E-state index is 4.37. The molecule has 2 heterocycles. The van der Waals surface area contributed by atoms with Crippen molar-refractivity contribution in [2.24, 2.45) is 0 Å². The molecule has 0 radical (unpaired) electrons. The van der Waals surface area contributed by atoms with Gasteiger partial charge in [0.2, 0.25) is 4.96 Å². The summed E-state index contributed by atoms with van der Waals surface area (Å²) in [6.07, 6.45) is 1.61. The summed E-state index contributed by atoms with van der Waals surface area (Å²) in [5, 5.41) is 4.37. The molecule has 3 nitrogen and oxygen atoms in total. The molecule has 5 heteroatoms. The van der Waals surface area contributed by atoms with Crippen molar-refractivity contribution in [1.29, 1.82) is 0 Å². The summed E-state index contributed by atoms with van der Waals surface area (Å²) >= 11 is 3.44. The molecule has 2 aromatic carbocycles. The van der Waals surface area contributed by atoms with Crippen LogP contribution in [0.15, 0.2) is 70.0 Å². The number of hydrogen-bond acceptors (Lipinski definition) is 4. The Morgan fingerprint density at radius 2 is 1.77 bits per heavy atom. The summed E-state index contributed by atoms with van der Waals surface area (Å²) in [5.41, 5.74) is 3.55. The van der Waals surface area contributed by atoms with Crippen LogP contribution in [-0.2, 0) is 0 Å². The highest BCUT2D eigenvalue weighted by atomic mass is 32.2. The summed E-state index contributed by atoms with van der Waals surface area (Å²) < 4.78 is 3.14. The largest absolute Gasteiger partial charge is 0.213 e. The van der Waals surface area contributed by atoms with E-state index in [1.54, 1.807) is 29.4 Å². The average Bonchev–Trinajstić information content (AvgIpc) is 3.11. The minimum Gasteiger partial charge on any atom is -0.206 e. The second-order valence-corrected chi connectivity index (χ2v) is 7.29. The van der Waals surface area contributed by atoms with Crippen molar-refractivity contribution in [3.8, 4) is 11.3 Å². The molecular weight excluding hydrogens is 310 g/mol. The van der Waals surface area contributed by atoms with Gasteiger partial charge in [-0.15, -0.1) is 0 Å². The van der Waals surface area contributed by atoms with Crippen molar-refractivity contribution < 1.29 is 0 Å². The summed E-state index contributed by atoms with van der Waals surface area (Å²) in [7, 11) is 0. The quantitative estimate of drug-likeness (QED) is 0.536. The molecule has 0 aliphatic carbocycles. The molecule has 0 aliphatic heterocycles. The van der Waals surface area contributed by atoms with Gasteiger partial charge in [0, 0.05) is 10.5 Å². The zero-order valence-corrected chi connectivity index (χ0v) is 13.6. The predicted molar refractivity (Wildman–Crippen MR) is 91.6 cm³/mol. The van der Waals surface area contributed by atoms with Crippen molar-refractivity contribution in [1.82, 2.24) is 14.6 Å². The van der Waals surface area contributed by atoms with Crippen LogP contribution in [0.4, 0.5) is 0 Å². The van der Waals surface area contributed by atoms with E-state index < -0.39 is 0 Å². The van der Waals surface area contributed by atoms with E-state index in [0.717, 1.165) is 16.2 Å². The van der Waals surface area contributed by atoms with Crippen molar-refractivity contribution >= 4 is 28.1 Å². The minimum absolute atomic E-state index is 0.925. The van der Waals surface area contributed by atoms with Gasteiger partial charge in [-0.1, -0.05) is 71.1 Å². The molecule has 0 saturated carbocycles. The summed E-state index contributed by atoms with van der Waals surface area (Å²) in [6, 6.07) is 19.0. The molecule has 4 rings (SSSR count). The van der Waals surface area contributed by atoms with Crippen LogP contribution >= 0.6 is 23.1 Å². The fourth-order valence-corrected chi connectivity index (χ4v) is 4.55. The normalized spacial score (nSPS) is 11.1. The van der Waals surface area contributed by atoms with Crippen molar-refractivity contribution in [2.45, 2.75) is 16.0 Å². The van der Waals surface area contributed by atoms with Gasteiger partial charge in [0.15, 0.2) is 0 Å². The number of benzene rings is 2. The Kier molecular flexibility index (Phi) is 3.44. The Morgan fingerprint density at radius 3 is 2.55 bits per heavy atom. The highest BCUT2D eigenvalue weighted by Crippen LogP contribution is 2.41. The van der Waals surface area contributed by atoms with E-state index in [0.29, 0.717) is 0 Å². The first-order valence-corrected chi connectivity index (χ1v) is 8.57. The lowest BCUT2D eigenvalue weighted by atomic mass is 10.2. The van der Waals surface area contributed by atoms with Crippen LogP contribution in [0.5, 0.6) is 0 Å². The maximum atomic E-state index is 4.37. The molecule has 0 spiro atoms. The Balaban J connectivity index is 1.83. The van der Waals surface area contributed by atoms with Gasteiger partial charge < -0.3 is 0 Å². The molecule has 0 bridgehead atoms. The second kappa shape index (κ2) is 5.59. The molecule has 0 fully saturated rings. The molecule has 22 heavy (non-hydrogen) atoms. The van der Waals surface area contributed by atoms with Gasteiger partial charge >= 0.3 is 0 Å². The van der Waals surface area contributed by atoms with E-state index in [-0.39, 0.29) is 0 Å². The Hall–Kier alpha value is -2.11. The molecule has 0 unspecified atom stereocenters. The van der Waals surface area contributed by atoms with Crippen LogP contribution < -0.4 is 0 Å². The van der Waals surface area contributed by atoms with Crippen molar-refractivity contribution in [3.05, 3.63) is 66.5 Å². The van der Waals surface area contributed by atoms with Crippen LogP contribution in [-0.4, -0.2) is 14.6 Å². The number of thiazole rings is 1. The van der Waals surface area contributed by atoms with E-state index >= 15 is 0 Å². The van der Waals surface area contributed by atoms with Crippen LogP contribution in [0.3, 0.4) is 0 Å². The zero-order chi connectivity index (χ0) is 14.9. The first-order chi connectivity index (χ1) is 10.8. The van der Waals surface area contributed by atoms with E-state index in [9.17, 15) is 0 Å². The zero-order valence-electron chi connectivity index (χ0n) is 11.9. The van der Waals surface area contributed by atoms with E-state index in [1.807, 2.05) is 10.6 Å². The smallest absolute Gasteiger partial charge is 0.206 e. The van der Waals surface area contributed by atoms with E-state index in [1.165, 1.54) is 14.7 Å². The van der Waals surface area contributed by atoms with Crippen LogP contribution in [0.1, 0.15) is 5.56 Å². The maximum Gasteiger partial charge on any atom is 0.213 e. The standard InChI is InChI=1S/C17H13N3S2/c1-12-7-9-14(10-8-12)21-16-15(13-5-3-2-4-6-13)20-17(22-16)18-11-19-20/h2-11H,1H3. The van der Waals surface area contributed by atoms with E-state index in [2.05, 4.69) is 65.5 Å². The minimum atomic E-state index is 0.925. The molecule has 108 valence electrons. The highest BCUT2D eigenvalue weighted by Gasteiger charge is 2.16. The number of hydrogen-bond donors (Lipinski definition) is 0. The SMILES string of the molecule is Cc1ccc(Sc2sc3ncnn3c2-c2ccccc2)cc1. The highest BCUT2D eigenvalue weighted by molar-refractivity contribution is 8.01. The van der Waals surface area contributed by atoms with Gasteiger partial charge in [0.25, 0.3) is 0 Å². The Bertz CT molecular complexity index is 908. The monoisotopic (exact) mass is 323 g/mol. The number of aryl methyl sites for hydroxylation is 1. The molecule has 4 aromatic rings. The number of nitrogens with zero attached hydrogens (tertiary/aromatic N) is 3. The third-order valence-electron chi connectivity index (χ3n) is 3.38. The topological polar surface area (TPSA) is 30.2 Å². The molecule has 0 atom stereocenters. The van der Waals surface area contributed by atoms with Crippen molar-refractivity contribution in [2.75, 3.05) is 0 Å². The predicted octanol–water partition coefficient (Wildman–Crippen LogP) is 4.92. The molecular formula is C17H13N3S2. The number of rotatable bonds is 3. The van der Waals surface area contributed by atoms with Gasteiger partial charge in [-0.05, 0) is 19.1 Å². The van der Waals surface area contributed by atoms with Crippen LogP contribution in [0, 0.1) is 6.92 Å². The Morgan fingerprint density at radius 1 is 1.00 bits per heavy atom. The molecule has 0 aliphatic rings. The fraction of sp³-hybridized carbons (Fsp3) is 0.0588. The van der Waals surface area contributed by atoms with Crippen LogP contribution in [0.25, 0.3) is 16.2 Å². The second-order valence-electron chi connectivity index (χ2n) is 4.97. The summed E-state index contributed by atoms with van der Waals surface area (Å²) in [5.74, 6) is 0. The van der Waals surface area contributed by atoms with Crippen LogP contribution in [0.2, 0.25) is 0 Å². The molecule has 0 N–H and O–H groups in total. The first kappa shape index (κ1) is 13.5. The number of fused-ring (bicyclic) bond motifs is 1. The van der Waals surface area contributed by atoms with Gasteiger partial charge in [0.05, 0.1) is 9.90 Å². The third kappa shape index (κ3) is 2.42. The average molecular weight is 323 g/mol. The first-order valence-electron chi connectivity index (χ1n) is 6.94. The summed E-state index contributed by atoms with van der Waals surface area (Å²) in [4.78, 5) is 6.49. The van der Waals surface area contributed by atoms with Gasteiger partial charge in [-0.3, -0.25) is 0 Å². The fourth-order valence-electron chi connectivity index (χ4n) is 2.29. The summed E-state index contributed by atoms with van der Waals surface area (Å²) in [6.45, 7) is 2.10. The van der Waals surface area contributed by atoms with Gasteiger partial charge in [-0.2, -0.15) is 5.10 Å².